The first kappa shape index (κ1) is 11.2. The van der Waals surface area contributed by atoms with Crippen LogP contribution >= 0.6 is 22.9 Å². The van der Waals surface area contributed by atoms with Gasteiger partial charge in [0.15, 0.2) is 5.01 Å². The molecule has 0 radical (unpaired) electrons. The normalized spacial score (nSPS) is 10.4. The first-order valence-electron chi connectivity index (χ1n) is 4.62. The van der Waals surface area contributed by atoms with Crippen molar-refractivity contribution < 1.29 is 4.74 Å². The SMILES string of the molecule is Cc1cc(Cl)ccc1OCc1nnc(N)s1. The summed E-state index contributed by atoms with van der Waals surface area (Å²) < 4.78 is 5.58. The number of hydrogen-bond acceptors (Lipinski definition) is 5. The minimum atomic E-state index is 0.372. The third-order valence-corrected chi connectivity index (χ3v) is 2.93. The third-order valence-electron chi connectivity index (χ3n) is 1.97. The molecule has 16 heavy (non-hydrogen) atoms. The van der Waals surface area contributed by atoms with Gasteiger partial charge in [-0.15, -0.1) is 10.2 Å². The second kappa shape index (κ2) is 4.67. The molecule has 2 N–H and O–H groups in total. The maximum Gasteiger partial charge on any atom is 0.203 e. The number of ether oxygens (including phenoxy) is 1. The number of aryl methyl sites for hydroxylation is 1. The number of rotatable bonds is 3. The molecule has 1 aromatic carbocycles. The number of benzene rings is 1. The number of halogens is 1. The highest BCUT2D eigenvalue weighted by molar-refractivity contribution is 7.15. The van der Waals surface area contributed by atoms with E-state index in [9.17, 15) is 0 Å². The summed E-state index contributed by atoms with van der Waals surface area (Å²) in [4.78, 5) is 0. The molecule has 0 spiro atoms. The van der Waals surface area contributed by atoms with Crippen molar-refractivity contribution >= 4 is 28.1 Å². The molecule has 1 heterocycles. The van der Waals surface area contributed by atoms with E-state index in [4.69, 9.17) is 22.1 Å². The molecular formula is C10H10ClN3OS. The van der Waals surface area contributed by atoms with Gasteiger partial charge in [-0.1, -0.05) is 22.9 Å². The summed E-state index contributed by atoms with van der Waals surface area (Å²) in [5.74, 6) is 0.790. The molecule has 2 rings (SSSR count). The first-order chi connectivity index (χ1) is 7.65. The molecule has 0 bridgehead atoms. The Morgan fingerprint density at radius 3 is 2.88 bits per heavy atom. The Bertz CT molecular complexity index is 501. The van der Waals surface area contributed by atoms with Gasteiger partial charge in [-0.3, -0.25) is 0 Å². The number of nitrogens with zero attached hydrogens (tertiary/aromatic N) is 2. The molecule has 0 atom stereocenters. The van der Waals surface area contributed by atoms with Crippen LogP contribution in [0.25, 0.3) is 0 Å². The van der Waals surface area contributed by atoms with Crippen LogP contribution in [0.15, 0.2) is 18.2 Å². The summed E-state index contributed by atoms with van der Waals surface area (Å²) in [6.45, 7) is 2.31. The number of aromatic nitrogens is 2. The number of nitrogens with two attached hydrogens (primary N) is 1. The summed E-state index contributed by atoms with van der Waals surface area (Å²) in [7, 11) is 0. The van der Waals surface area contributed by atoms with E-state index in [-0.39, 0.29) is 0 Å². The summed E-state index contributed by atoms with van der Waals surface area (Å²) in [6.07, 6.45) is 0. The highest BCUT2D eigenvalue weighted by atomic mass is 35.5. The maximum absolute atomic E-state index is 5.85. The summed E-state index contributed by atoms with van der Waals surface area (Å²) in [5.41, 5.74) is 6.46. The van der Waals surface area contributed by atoms with Crippen molar-refractivity contribution in [2.24, 2.45) is 0 Å². The third kappa shape index (κ3) is 2.62. The van der Waals surface area contributed by atoms with Gasteiger partial charge in [0, 0.05) is 5.02 Å². The molecule has 0 saturated heterocycles. The van der Waals surface area contributed by atoms with Crippen LogP contribution in [0.5, 0.6) is 5.75 Å². The van der Waals surface area contributed by atoms with Gasteiger partial charge < -0.3 is 10.5 Å². The average molecular weight is 256 g/mol. The fraction of sp³-hybridized carbons (Fsp3) is 0.200. The van der Waals surface area contributed by atoms with Crippen molar-refractivity contribution in [1.29, 1.82) is 0 Å². The molecule has 4 nitrogen and oxygen atoms in total. The lowest BCUT2D eigenvalue weighted by molar-refractivity contribution is 0.302. The van der Waals surface area contributed by atoms with E-state index in [0.29, 0.717) is 16.8 Å². The van der Waals surface area contributed by atoms with Crippen LogP contribution < -0.4 is 10.5 Å². The Morgan fingerprint density at radius 1 is 1.44 bits per heavy atom. The van der Waals surface area contributed by atoms with E-state index >= 15 is 0 Å². The van der Waals surface area contributed by atoms with Crippen LogP contribution in [0.2, 0.25) is 5.02 Å². The van der Waals surface area contributed by atoms with Gasteiger partial charge in [0.25, 0.3) is 0 Å². The van der Waals surface area contributed by atoms with Crippen molar-refractivity contribution in [2.75, 3.05) is 5.73 Å². The molecule has 0 saturated carbocycles. The Balaban J connectivity index is 2.04. The van der Waals surface area contributed by atoms with E-state index in [0.717, 1.165) is 16.3 Å². The quantitative estimate of drug-likeness (QED) is 0.916. The van der Waals surface area contributed by atoms with Gasteiger partial charge in [-0.25, -0.2) is 0 Å². The fourth-order valence-electron chi connectivity index (χ4n) is 1.24. The zero-order chi connectivity index (χ0) is 11.5. The average Bonchev–Trinajstić information content (AvgIpc) is 2.63. The van der Waals surface area contributed by atoms with E-state index in [2.05, 4.69) is 10.2 Å². The molecule has 84 valence electrons. The number of hydrogen-bond donors (Lipinski definition) is 1. The van der Waals surface area contributed by atoms with E-state index in [1.807, 2.05) is 19.1 Å². The van der Waals surface area contributed by atoms with E-state index in [1.54, 1.807) is 6.07 Å². The predicted octanol–water partition coefficient (Wildman–Crippen LogP) is 2.66. The van der Waals surface area contributed by atoms with Gasteiger partial charge in [0.1, 0.15) is 12.4 Å². The summed E-state index contributed by atoms with van der Waals surface area (Å²) in [6, 6.07) is 5.48. The Morgan fingerprint density at radius 2 is 2.25 bits per heavy atom. The highest BCUT2D eigenvalue weighted by Gasteiger charge is 2.04. The minimum absolute atomic E-state index is 0.372. The van der Waals surface area contributed by atoms with E-state index < -0.39 is 0 Å². The van der Waals surface area contributed by atoms with Crippen LogP contribution in [0.1, 0.15) is 10.6 Å². The van der Waals surface area contributed by atoms with E-state index in [1.165, 1.54) is 11.3 Å². The van der Waals surface area contributed by atoms with Gasteiger partial charge in [0.2, 0.25) is 5.13 Å². The smallest absolute Gasteiger partial charge is 0.203 e. The second-order valence-corrected chi connectivity index (χ2v) is 4.76. The molecule has 0 aliphatic carbocycles. The zero-order valence-electron chi connectivity index (χ0n) is 8.61. The Hall–Kier alpha value is -1.33. The molecule has 0 aliphatic heterocycles. The van der Waals surface area contributed by atoms with Gasteiger partial charge in [0.05, 0.1) is 0 Å². The summed E-state index contributed by atoms with van der Waals surface area (Å²) >= 11 is 7.17. The minimum Gasteiger partial charge on any atom is -0.486 e. The van der Waals surface area contributed by atoms with Gasteiger partial charge in [-0.2, -0.15) is 0 Å². The van der Waals surface area contributed by atoms with Crippen molar-refractivity contribution in [1.82, 2.24) is 10.2 Å². The van der Waals surface area contributed by atoms with Crippen molar-refractivity contribution in [2.45, 2.75) is 13.5 Å². The van der Waals surface area contributed by atoms with Crippen LogP contribution in [0.4, 0.5) is 5.13 Å². The maximum atomic E-state index is 5.85. The van der Waals surface area contributed by atoms with Crippen molar-refractivity contribution in [3.63, 3.8) is 0 Å². The molecule has 0 fully saturated rings. The molecule has 0 aliphatic rings. The fourth-order valence-corrected chi connectivity index (χ4v) is 1.99. The van der Waals surface area contributed by atoms with Crippen molar-refractivity contribution in [3.8, 4) is 5.75 Å². The van der Waals surface area contributed by atoms with Crippen LogP contribution in [-0.4, -0.2) is 10.2 Å². The largest absolute Gasteiger partial charge is 0.486 e. The van der Waals surface area contributed by atoms with Crippen LogP contribution in [-0.2, 0) is 6.61 Å². The van der Waals surface area contributed by atoms with Gasteiger partial charge in [-0.05, 0) is 30.7 Å². The monoisotopic (exact) mass is 255 g/mol. The predicted molar refractivity (Wildman–Crippen MR) is 64.8 cm³/mol. The number of nitrogen functional groups attached to an aromatic ring is 1. The molecular weight excluding hydrogens is 246 g/mol. The molecule has 1 aromatic heterocycles. The lowest BCUT2D eigenvalue weighted by Gasteiger charge is -2.07. The standard InChI is InChI=1S/C10H10ClN3OS/c1-6-4-7(11)2-3-8(6)15-5-9-13-14-10(12)16-9/h2-4H,5H2,1H3,(H2,12,14). The number of anilines is 1. The summed E-state index contributed by atoms with van der Waals surface area (Å²) in [5, 5.41) is 9.49. The molecule has 0 amide bonds. The van der Waals surface area contributed by atoms with Crippen LogP contribution in [0.3, 0.4) is 0 Å². The Labute approximate surface area is 102 Å². The van der Waals surface area contributed by atoms with Crippen LogP contribution in [0, 0.1) is 6.92 Å². The Kier molecular flexibility index (Phi) is 3.26. The second-order valence-electron chi connectivity index (χ2n) is 3.23. The molecule has 6 heteroatoms. The molecule has 2 aromatic rings. The first-order valence-corrected chi connectivity index (χ1v) is 5.81. The zero-order valence-corrected chi connectivity index (χ0v) is 10.2. The highest BCUT2D eigenvalue weighted by Crippen LogP contribution is 2.23. The topological polar surface area (TPSA) is 61.0 Å². The lowest BCUT2D eigenvalue weighted by Crippen LogP contribution is -1.96. The molecule has 0 unspecified atom stereocenters. The van der Waals surface area contributed by atoms with Crippen molar-refractivity contribution in [3.05, 3.63) is 33.8 Å². The van der Waals surface area contributed by atoms with Gasteiger partial charge >= 0.3 is 0 Å². The lowest BCUT2D eigenvalue weighted by atomic mass is 10.2.